The summed E-state index contributed by atoms with van der Waals surface area (Å²) < 4.78 is 11.7. The maximum Gasteiger partial charge on any atom is 0.325 e. The van der Waals surface area contributed by atoms with Gasteiger partial charge in [0.2, 0.25) is 0 Å². The predicted molar refractivity (Wildman–Crippen MR) is 96.5 cm³/mol. The van der Waals surface area contributed by atoms with Crippen molar-refractivity contribution in [3.8, 4) is 11.5 Å². The van der Waals surface area contributed by atoms with E-state index in [1.165, 1.54) is 0 Å². The topological polar surface area (TPSA) is 50.8 Å². The fraction of sp³-hybridized carbons (Fsp3) is 0.316. The Kier molecular flexibility index (Phi) is 3.76. The first-order valence-corrected chi connectivity index (χ1v) is 8.70. The van der Waals surface area contributed by atoms with E-state index in [2.05, 4.69) is 5.32 Å². The second-order valence-electron chi connectivity index (χ2n) is 6.43. The molecule has 0 spiro atoms. The number of rotatable bonds is 3. The third-order valence-corrected chi connectivity index (χ3v) is 4.87. The molecule has 2 aromatic carbocycles. The highest BCUT2D eigenvalue weighted by molar-refractivity contribution is 6.30. The molecule has 0 radical (unpaired) electrons. The second-order valence-corrected chi connectivity index (χ2v) is 6.86. The van der Waals surface area contributed by atoms with Crippen molar-refractivity contribution in [2.24, 2.45) is 0 Å². The summed E-state index contributed by atoms with van der Waals surface area (Å²) >= 11 is 6.10. The highest BCUT2D eigenvalue weighted by Crippen LogP contribution is 2.46. The van der Waals surface area contributed by atoms with Gasteiger partial charge in [0.1, 0.15) is 11.5 Å². The number of anilines is 1. The van der Waals surface area contributed by atoms with Gasteiger partial charge in [0.25, 0.3) is 0 Å². The molecule has 2 aromatic rings. The Morgan fingerprint density at radius 3 is 2.80 bits per heavy atom. The van der Waals surface area contributed by atoms with Gasteiger partial charge in [-0.15, -0.1) is 0 Å². The lowest BCUT2D eigenvalue weighted by molar-refractivity contribution is 0.0379. The largest absolute Gasteiger partial charge is 0.494 e. The van der Waals surface area contributed by atoms with Crippen molar-refractivity contribution in [3.05, 3.63) is 53.1 Å². The molecule has 2 heterocycles. The van der Waals surface area contributed by atoms with Crippen molar-refractivity contribution in [1.29, 1.82) is 0 Å². The van der Waals surface area contributed by atoms with E-state index in [9.17, 15) is 4.79 Å². The molecule has 2 aliphatic rings. The summed E-state index contributed by atoms with van der Waals surface area (Å²) in [7, 11) is 0. The summed E-state index contributed by atoms with van der Waals surface area (Å²) in [6.45, 7) is 4.48. The number of hydrogen-bond donors (Lipinski definition) is 1. The molecule has 1 N–H and O–H groups in total. The molecule has 4 rings (SSSR count). The first-order chi connectivity index (χ1) is 12.0. The zero-order valence-corrected chi connectivity index (χ0v) is 14.8. The third-order valence-electron chi connectivity index (χ3n) is 4.64. The van der Waals surface area contributed by atoms with Crippen LogP contribution in [0.3, 0.4) is 0 Å². The Morgan fingerprint density at radius 1 is 1.32 bits per heavy atom. The van der Waals surface area contributed by atoms with Crippen LogP contribution < -0.4 is 19.7 Å². The van der Waals surface area contributed by atoms with Crippen LogP contribution in [0.25, 0.3) is 0 Å². The van der Waals surface area contributed by atoms with Crippen LogP contribution in [0.15, 0.2) is 42.5 Å². The van der Waals surface area contributed by atoms with Gasteiger partial charge in [-0.1, -0.05) is 11.6 Å². The summed E-state index contributed by atoms with van der Waals surface area (Å²) in [5, 5.41) is 3.70. The molecule has 2 aliphatic heterocycles. The van der Waals surface area contributed by atoms with E-state index in [4.69, 9.17) is 21.1 Å². The zero-order valence-electron chi connectivity index (χ0n) is 14.1. The standard InChI is InChI=1S/C19H19ClN2O3/c1-3-24-14-7-5-13(6-8-14)22-18(23)21-16-11-19(22,2)25-17-9-4-12(20)10-15(16)17/h4-10,16H,3,11H2,1-2H3,(H,21,23)/t16-,19+/m1/s1. The van der Waals surface area contributed by atoms with E-state index in [1.54, 1.807) is 11.0 Å². The molecular weight excluding hydrogens is 340 g/mol. The average Bonchev–Trinajstić information content (AvgIpc) is 2.57. The molecule has 2 amide bonds. The maximum atomic E-state index is 12.8. The lowest BCUT2D eigenvalue weighted by atomic mass is 9.90. The Labute approximate surface area is 151 Å². The Balaban J connectivity index is 1.71. The number of urea groups is 1. The van der Waals surface area contributed by atoms with Crippen LogP contribution in [0.2, 0.25) is 5.02 Å². The number of fused-ring (bicyclic) bond motifs is 4. The van der Waals surface area contributed by atoms with Gasteiger partial charge in [0, 0.05) is 22.7 Å². The van der Waals surface area contributed by atoms with Crippen molar-refractivity contribution in [2.75, 3.05) is 11.5 Å². The molecule has 2 atom stereocenters. The number of ether oxygens (including phenoxy) is 2. The lowest BCUT2D eigenvalue weighted by Gasteiger charge is -2.50. The highest BCUT2D eigenvalue weighted by Gasteiger charge is 2.49. The minimum Gasteiger partial charge on any atom is -0.494 e. The fourth-order valence-electron chi connectivity index (χ4n) is 3.59. The van der Waals surface area contributed by atoms with Crippen molar-refractivity contribution in [1.82, 2.24) is 5.32 Å². The minimum absolute atomic E-state index is 0.112. The van der Waals surface area contributed by atoms with Gasteiger partial charge in [-0.3, -0.25) is 4.90 Å². The van der Waals surface area contributed by atoms with E-state index in [1.807, 2.05) is 50.2 Å². The van der Waals surface area contributed by atoms with Gasteiger partial charge < -0.3 is 14.8 Å². The first kappa shape index (κ1) is 16.1. The van der Waals surface area contributed by atoms with Crippen LogP contribution in [0.4, 0.5) is 10.5 Å². The van der Waals surface area contributed by atoms with Crippen molar-refractivity contribution >= 4 is 23.3 Å². The van der Waals surface area contributed by atoms with E-state index >= 15 is 0 Å². The van der Waals surface area contributed by atoms with Gasteiger partial charge >= 0.3 is 6.03 Å². The summed E-state index contributed by atoms with van der Waals surface area (Å²) in [6.07, 6.45) is 0.638. The van der Waals surface area contributed by atoms with E-state index in [0.29, 0.717) is 18.1 Å². The van der Waals surface area contributed by atoms with Gasteiger partial charge in [-0.2, -0.15) is 0 Å². The summed E-state index contributed by atoms with van der Waals surface area (Å²) in [4.78, 5) is 14.5. The number of amides is 2. The highest BCUT2D eigenvalue weighted by atomic mass is 35.5. The van der Waals surface area contributed by atoms with Gasteiger partial charge in [-0.25, -0.2) is 4.79 Å². The van der Waals surface area contributed by atoms with Crippen LogP contribution in [0.1, 0.15) is 31.9 Å². The third kappa shape index (κ3) is 2.68. The van der Waals surface area contributed by atoms with Crippen LogP contribution >= 0.6 is 11.6 Å². The Hall–Kier alpha value is -2.40. The molecular formula is C19H19ClN2O3. The predicted octanol–water partition coefficient (Wildman–Crippen LogP) is 4.51. The number of nitrogens with zero attached hydrogens (tertiary/aromatic N) is 1. The van der Waals surface area contributed by atoms with Gasteiger partial charge in [0.15, 0.2) is 5.72 Å². The fourth-order valence-corrected chi connectivity index (χ4v) is 3.77. The summed E-state index contributed by atoms with van der Waals surface area (Å²) in [5.74, 6) is 1.52. The number of carbonyl (C=O) groups excluding carboxylic acids is 1. The van der Waals surface area contributed by atoms with E-state index in [-0.39, 0.29) is 12.1 Å². The van der Waals surface area contributed by atoms with E-state index in [0.717, 1.165) is 22.7 Å². The normalized spacial score (nSPS) is 24.2. The number of benzene rings is 2. The molecule has 0 aromatic heterocycles. The van der Waals surface area contributed by atoms with Crippen molar-refractivity contribution in [2.45, 2.75) is 32.0 Å². The second kappa shape index (κ2) is 5.85. The SMILES string of the molecule is CCOc1ccc(N2C(=O)N[C@@H]3C[C@]2(C)Oc2ccc(Cl)cc23)cc1. The smallest absolute Gasteiger partial charge is 0.325 e. The number of halogens is 1. The number of hydrogen-bond acceptors (Lipinski definition) is 3. The molecule has 0 aliphatic carbocycles. The molecule has 0 saturated carbocycles. The van der Waals surface area contributed by atoms with Gasteiger partial charge in [-0.05, 0) is 56.3 Å². The molecule has 0 unspecified atom stereocenters. The van der Waals surface area contributed by atoms with Crippen LogP contribution in [-0.2, 0) is 0 Å². The number of carbonyl (C=O) groups is 1. The zero-order chi connectivity index (χ0) is 17.6. The molecule has 25 heavy (non-hydrogen) atoms. The number of nitrogens with one attached hydrogen (secondary N) is 1. The summed E-state index contributed by atoms with van der Waals surface area (Å²) in [6, 6.07) is 12.7. The van der Waals surface area contributed by atoms with Crippen molar-refractivity contribution < 1.29 is 14.3 Å². The quantitative estimate of drug-likeness (QED) is 0.878. The molecule has 1 saturated heterocycles. The molecule has 130 valence electrons. The molecule has 6 heteroatoms. The maximum absolute atomic E-state index is 12.8. The van der Waals surface area contributed by atoms with Crippen LogP contribution in [0.5, 0.6) is 11.5 Å². The average molecular weight is 359 g/mol. The van der Waals surface area contributed by atoms with Crippen molar-refractivity contribution in [3.63, 3.8) is 0 Å². The Bertz CT molecular complexity index is 824. The minimum atomic E-state index is -0.763. The first-order valence-electron chi connectivity index (χ1n) is 8.32. The van der Waals surface area contributed by atoms with Crippen LogP contribution in [0, 0.1) is 0 Å². The molecule has 2 bridgehead atoms. The monoisotopic (exact) mass is 358 g/mol. The lowest BCUT2D eigenvalue weighted by Crippen LogP contribution is -2.65. The summed E-state index contributed by atoms with van der Waals surface area (Å²) in [5.41, 5.74) is 0.921. The van der Waals surface area contributed by atoms with Gasteiger partial charge in [0.05, 0.1) is 12.6 Å². The van der Waals surface area contributed by atoms with Crippen LogP contribution in [-0.4, -0.2) is 18.4 Å². The Morgan fingerprint density at radius 2 is 2.08 bits per heavy atom. The molecule has 1 fully saturated rings. The molecule has 5 nitrogen and oxygen atoms in total. The van der Waals surface area contributed by atoms with E-state index < -0.39 is 5.72 Å².